The molecule has 0 bridgehead atoms. The molecule has 0 saturated heterocycles. The molecule has 1 atom stereocenters. The molecule has 0 saturated carbocycles. The van der Waals surface area contributed by atoms with Crippen molar-refractivity contribution in [2.24, 2.45) is 0 Å². The summed E-state index contributed by atoms with van der Waals surface area (Å²) >= 11 is 3.28. The lowest BCUT2D eigenvalue weighted by atomic mass is 10.0. The molecular formula is C15H10BrF5. The lowest BCUT2D eigenvalue weighted by Crippen LogP contribution is -2.09. The molecule has 0 N–H and O–H groups in total. The van der Waals surface area contributed by atoms with Gasteiger partial charge in [-0.15, -0.1) is 0 Å². The summed E-state index contributed by atoms with van der Waals surface area (Å²) in [5.41, 5.74) is -0.215. The van der Waals surface area contributed by atoms with E-state index in [0.717, 1.165) is 17.7 Å². The molecule has 21 heavy (non-hydrogen) atoms. The zero-order valence-electron chi connectivity index (χ0n) is 10.6. The molecular weight excluding hydrogens is 355 g/mol. The smallest absolute Gasteiger partial charge is 0.207 e. The molecule has 0 spiro atoms. The summed E-state index contributed by atoms with van der Waals surface area (Å²) in [5.74, 6) is -1.68. The van der Waals surface area contributed by atoms with E-state index in [1.54, 1.807) is 12.1 Å². The van der Waals surface area contributed by atoms with Crippen LogP contribution in [-0.2, 0) is 12.6 Å². The van der Waals surface area contributed by atoms with E-state index in [2.05, 4.69) is 15.9 Å². The van der Waals surface area contributed by atoms with Crippen LogP contribution in [0.25, 0.3) is 0 Å². The summed E-state index contributed by atoms with van der Waals surface area (Å²) in [6, 6.07) is 8.56. The Balaban J connectivity index is 2.23. The van der Waals surface area contributed by atoms with E-state index >= 15 is 0 Å². The second-order valence-electron chi connectivity index (χ2n) is 4.54. The van der Waals surface area contributed by atoms with Gasteiger partial charge >= 0.3 is 6.18 Å². The highest BCUT2D eigenvalue weighted by Crippen LogP contribution is 2.35. The normalized spacial score (nSPS) is 13.2. The van der Waals surface area contributed by atoms with Crippen molar-refractivity contribution in [2.75, 3.05) is 0 Å². The van der Waals surface area contributed by atoms with Crippen molar-refractivity contribution in [2.45, 2.75) is 17.4 Å². The van der Waals surface area contributed by atoms with Crippen LogP contribution in [0.5, 0.6) is 0 Å². The second kappa shape index (κ2) is 6.13. The first-order chi connectivity index (χ1) is 9.77. The molecule has 0 aliphatic heterocycles. The summed E-state index contributed by atoms with van der Waals surface area (Å²) in [7, 11) is 0. The highest BCUT2D eigenvalue weighted by molar-refractivity contribution is 9.09. The molecule has 2 rings (SSSR count). The number of alkyl halides is 4. The molecule has 2 aromatic carbocycles. The Morgan fingerprint density at radius 1 is 0.952 bits per heavy atom. The van der Waals surface area contributed by atoms with Gasteiger partial charge in [-0.2, -0.15) is 13.2 Å². The molecule has 0 radical (unpaired) electrons. The van der Waals surface area contributed by atoms with Gasteiger partial charge in [0.2, 0.25) is 0 Å². The minimum absolute atomic E-state index is 0.313. The fraction of sp³-hybridized carbons (Fsp3) is 0.200. The number of hydrogen-bond acceptors (Lipinski definition) is 0. The standard InChI is InChI=1S/C15H10BrF5/c16-13(7-9-1-4-11(17)5-2-9)10-3-6-14(18)12(8-10)15(19,20)21/h1-6,8,13H,7H2. The van der Waals surface area contributed by atoms with Crippen LogP contribution >= 0.6 is 15.9 Å². The third-order valence-electron chi connectivity index (χ3n) is 2.99. The molecule has 0 aromatic heterocycles. The van der Waals surface area contributed by atoms with Crippen LogP contribution in [0.1, 0.15) is 21.5 Å². The summed E-state index contributed by atoms with van der Waals surface area (Å²) < 4.78 is 64.0. The third-order valence-corrected chi connectivity index (χ3v) is 3.84. The highest BCUT2D eigenvalue weighted by Gasteiger charge is 2.34. The van der Waals surface area contributed by atoms with Crippen molar-refractivity contribution in [1.29, 1.82) is 0 Å². The van der Waals surface area contributed by atoms with E-state index in [1.165, 1.54) is 18.2 Å². The molecule has 6 heteroatoms. The lowest BCUT2D eigenvalue weighted by Gasteiger charge is -2.14. The maximum Gasteiger partial charge on any atom is 0.419 e. The van der Waals surface area contributed by atoms with Gasteiger partial charge in [0.05, 0.1) is 5.56 Å². The number of hydrogen-bond donors (Lipinski definition) is 0. The van der Waals surface area contributed by atoms with Crippen molar-refractivity contribution >= 4 is 15.9 Å². The maximum atomic E-state index is 13.2. The van der Waals surface area contributed by atoms with Crippen LogP contribution < -0.4 is 0 Å². The number of benzene rings is 2. The van der Waals surface area contributed by atoms with Crippen molar-refractivity contribution in [3.63, 3.8) is 0 Å². The monoisotopic (exact) mass is 364 g/mol. The van der Waals surface area contributed by atoms with Crippen LogP contribution in [0.3, 0.4) is 0 Å². The molecule has 112 valence electrons. The predicted octanol–water partition coefficient (Wildman–Crippen LogP) is 5.66. The second-order valence-corrected chi connectivity index (χ2v) is 5.64. The zero-order chi connectivity index (χ0) is 15.6. The van der Waals surface area contributed by atoms with E-state index < -0.39 is 22.4 Å². The first kappa shape index (κ1) is 15.9. The molecule has 0 heterocycles. The van der Waals surface area contributed by atoms with Crippen molar-refractivity contribution in [1.82, 2.24) is 0 Å². The molecule has 0 amide bonds. The molecule has 2 aromatic rings. The van der Waals surface area contributed by atoms with Crippen LogP contribution in [-0.4, -0.2) is 0 Å². The van der Waals surface area contributed by atoms with E-state index in [9.17, 15) is 22.0 Å². The minimum Gasteiger partial charge on any atom is -0.207 e. The maximum absolute atomic E-state index is 13.2. The topological polar surface area (TPSA) is 0 Å². The molecule has 0 aliphatic carbocycles. The van der Waals surface area contributed by atoms with Gasteiger partial charge in [0, 0.05) is 4.83 Å². The first-order valence-corrected chi connectivity index (χ1v) is 6.94. The van der Waals surface area contributed by atoms with Gasteiger partial charge in [-0.3, -0.25) is 0 Å². The van der Waals surface area contributed by atoms with Crippen LogP contribution in [0, 0.1) is 11.6 Å². The number of rotatable bonds is 3. The van der Waals surface area contributed by atoms with Crippen molar-refractivity contribution in [3.05, 3.63) is 70.8 Å². The minimum atomic E-state index is -4.73. The zero-order valence-corrected chi connectivity index (χ0v) is 12.2. The Morgan fingerprint density at radius 3 is 2.14 bits per heavy atom. The summed E-state index contributed by atoms with van der Waals surface area (Å²) in [4.78, 5) is -0.426. The van der Waals surface area contributed by atoms with Gasteiger partial charge < -0.3 is 0 Å². The fourth-order valence-corrected chi connectivity index (χ4v) is 2.56. The van der Waals surface area contributed by atoms with E-state index in [0.29, 0.717) is 12.0 Å². The fourth-order valence-electron chi connectivity index (χ4n) is 1.90. The Labute approximate surface area is 126 Å². The van der Waals surface area contributed by atoms with Crippen molar-refractivity contribution < 1.29 is 22.0 Å². The Morgan fingerprint density at radius 2 is 1.57 bits per heavy atom. The molecule has 0 aliphatic rings. The molecule has 1 unspecified atom stereocenters. The average molecular weight is 365 g/mol. The average Bonchev–Trinajstić information content (AvgIpc) is 2.40. The summed E-state index contributed by atoms with van der Waals surface area (Å²) in [6.45, 7) is 0. The Bertz CT molecular complexity index is 619. The quantitative estimate of drug-likeness (QED) is 0.486. The Hall–Kier alpha value is -1.43. The molecule has 0 fully saturated rings. The predicted molar refractivity (Wildman–Crippen MR) is 73.2 cm³/mol. The van der Waals surface area contributed by atoms with Crippen LogP contribution in [0.15, 0.2) is 42.5 Å². The third kappa shape index (κ3) is 4.03. The van der Waals surface area contributed by atoms with Gasteiger partial charge in [0.25, 0.3) is 0 Å². The van der Waals surface area contributed by atoms with Crippen LogP contribution in [0.2, 0.25) is 0 Å². The lowest BCUT2D eigenvalue weighted by molar-refractivity contribution is -0.140. The Kier molecular flexibility index (Phi) is 4.66. The van der Waals surface area contributed by atoms with E-state index in [-0.39, 0.29) is 5.82 Å². The molecule has 0 nitrogen and oxygen atoms in total. The van der Waals surface area contributed by atoms with Crippen LogP contribution in [0.4, 0.5) is 22.0 Å². The van der Waals surface area contributed by atoms with E-state index in [4.69, 9.17) is 0 Å². The largest absolute Gasteiger partial charge is 0.419 e. The van der Waals surface area contributed by atoms with Gasteiger partial charge in [-0.25, -0.2) is 8.78 Å². The van der Waals surface area contributed by atoms with Gasteiger partial charge in [0.1, 0.15) is 11.6 Å². The first-order valence-electron chi connectivity index (χ1n) is 6.02. The van der Waals surface area contributed by atoms with E-state index in [1.807, 2.05) is 0 Å². The highest BCUT2D eigenvalue weighted by atomic mass is 79.9. The summed E-state index contributed by atoms with van der Waals surface area (Å²) in [6.07, 6.45) is -4.37. The SMILES string of the molecule is Fc1ccc(CC(Br)c2ccc(F)c(C(F)(F)F)c2)cc1. The van der Waals surface area contributed by atoms with Gasteiger partial charge in [-0.1, -0.05) is 34.1 Å². The van der Waals surface area contributed by atoms with Crippen molar-refractivity contribution in [3.8, 4) is 0 Å². The summed E-state index contributed by atoms with van der Waals surface area (Å²) in [5, 5.41) is 0. The van der Waals surface area contributed by atoms with Gasteiger partial charge in [-0.05, 0) is 41.8 Å². The number of halogens is 6. The van der Waals surface area contributed by atoms with Gasteiger partial charge in [0.15, 0.2) is 0 Å².